The summed E-state index contributed by atoms with van der Waals surface area (Å²) >= 11 is 4.70. The molecule has 1 aromatic rings. The zero-order valence-corrected chi connectivity index (χ0v) is 6.80. The van der Waals surface area contributed by atoms with E-state index in [2.05, 4.69) is 4.98 Å². The van der Waals surface area contributed by atoms with Gasteiger partial charge in [0.2, 0.25) is 0 Å². The van der Waals surface area contributed by atoms with Gasteiger partial charge in [0.05, 0.1) is 0 Å². The number of nitrogens with one attached hydrogen (secondary N) is 1. The van der Waals surface area contributed by atoms with Crippen LogP contribution in [-0.2, 0) is 11.3 Å². The molecule has 0 aliphatic rings. The van der Waals surface area contributed by atoms with Gasteiger partial charge >= 0.3 is 5.97 Å². The standard InChI is InChI=1S/C6H6N2O3S/c9-4-1-2-8(3-5(10)11)6(12)7-4/h1-2H,3H2,(H,10,11)(H,7,9,12). The lowest BCUT2D eigenvalue weighted by Gasteiger charge is -1.99. The molecule has 0 atom stereocenters. The topological polar surface area (TPSA) is 75.1 Å². The second-order valence-corrected chi connectivity index (χ2v) is 2.52. The highest BCUT2D eigenvalue weighted by Gasteiger charge is 1.98. The first-order valence-electron chi connectivity index (χ1n) is 3.11. The van der Waals surface area contributed by atoms with Gasteiger partial charge in [-0.1, -0.05) is 0 Å². The number of aromatic nitrogens is 2. The molecule has 0 saturated carbocycles. The molecule has 0 radical (unpaired) electrons. The van der Waals surface area contributed by atoms with Crippen molar-refractivity contribution >= 4 is 18.2 Å². The van der Waals surface area contributed by atoms with E-state index in [-0.39, 0.29) is 16.9 Å². The average molecular weight is 186 g/mol. The van der Waals surface area contributed by atoms with Gasteiger partial charge in [0.25, 0.3) is 5.56 Å². The Kier molecular flexibility index (Phi) is 2.39. The van der Waals surface area contributed by atoms with Crippen LogP contribution >= 0.6 is 12.2 Å². The minimum atomic E-state index is -1.00. The predicted molar refractivity (Wildman–Crippen MR) is 43.5 cm³/mol. The smallest absolute Gasteiger partial charge is 0.323 e. The third kappa shape index (κ3) is 2.03. The molecule has 0 bridgehead atoms. The summed E-state index contributed by atoms with van der Waals surface area (Å²) < 4.78 is 1.38. The molecule has 0 aromatic carbocycles. The van der Waals surface area contributed by atoms with E-state index in [1.165, 1.54) is 16.8 Å². The quantitative estimate of drug-likeness (QED) is 0.637. The molecule has 0 aliphatic carbocycles. The molecule has 0 fully saturated rings. The van der Waals surface area contributed by atoms with Crippen LogP contribution < -0.4 is 5.56 Å². The monoisotopic (exact) mass is 186 g/mol. The van der Waals surface area contributed by atoms with Crippen LogP contribution in [0.4, 0.5) is 0 Å². The van der Waals surface area contributed by atoms with Crippen LogP contribution in [0.2, 0.25) is 0 Å². The maximum absolute atomic E-state index is 10.6. The first kappa shape index (κ1) is 8.66. The minimum Gasteiger partial charge on any atom is -0.480 e. The molecule has 0 saturated heterocycles. The van der Waals surface area contributed by atoms with E-state index in [9.17, 15) is 9.59 Å². The summed E-state index contributed by atoms with van der Waals surface area (Å²) in [4.78, 5) is 23.2. The molecule has 0 amide bonds. The van der Waals surface area contributed by atoms with Gasteiger partial charge in [0, 0.05) is 12.3 Å². The number of carbonyl (C=O) groups is 1. The number of aromatic amines is 1. The normalized spacial score (nSPS) is 9.67. The lowest BCUT2D eigenvalue weighted by Crippen LogP contribution is -2.15. The number of nitrogens with zero attached hydrogens (tertiary/aromatic N) is 1. The van der Waals surface area contributed by atoms with Gasteiger partial charge in [-0.15, -0.1) is 0 Å². The molecule has 6 heteroatoms. The van der Waals surface area contributed by atoms with Gasteiger partial charge < -0.3 is 9.67 Å². The fourth-order valence-corrected chi connectivity index (χ4v) is 0.940. The number of rotatable bonds is 2. The fourth-order valence-electron chi connectivity index (χ4n) is 0.714. The Morgan fingerprint density at radius 2 is 2.42 bits per heavy atom. The highest BCUT2D eigenvalue weighted by molar-refractivity contribution is 7.71. The van der Waals surface area contributed by atoms with Gasteiger partial charge in [-0.3, -0.25) is 14.6 Å². The summed E-state index contributed by atoms with van der Waals surface area (Å²) in [5, 5.41) is 8.40. The van der Waals surface area contributed by atoms with Crippen LogP contribution in [0.15, 0.2) is 17.1 Å². The molecule has 12 heavy (non-hydrogen) atoms. The lowest BCUT2D eigenvalue weighted by molar-refractivity contribution is -0.137. The van der Waals surface area contributed by atoms with Crippen molar-refractivity contribution in [1.29, 1.82) is 0 Å². The molecule has 5 nitrogen and oxygen atoms in total. The van der Waals surface area contributed by atoms with Crippen molar-refractivity contribution in [3.05, 3.63) is 27.4 Å². The summed E-state index contributed by atoms with van der Waals surface area (Å²) in [6.07, 6.45) is 1.34. The zero-order chi connectivity index (χ0) is 9.14. The van der Waals surface area contributed by atoms with E-state index in [0.717, 1.165) is 0 Å². The summed E-state index contributed by atoms with van der Waals surface area (Å²) in [5.74, 6) is -1.00. The van der Waals surface area contributed by atoms with E-state index in [1.807, 2.05) is 0 Å². The van der Waals surface area contributed by atoms with Gasteiger partial charge in [0.15, 0.2) is 4.77 Å². The molecule has 1 rings (SSSR count). The Labute approximate surface area is 72.3 Å². The highest BCUT2D eigenvalue weighted by Crippen LogP contribution is 1.85. The second kappa shape index (κ2) is 3.31. The fraction of sp³-hybridized carbons (Fsp3) is 0.167. The van der Waals surface area contributed by atoms with Crippen molar-refractivity contribution in [3.63, 3.8) is 0 Å². The van der Waals surface area contributed by atoms with Gasteiger partial charge in [-0.2, -0.15) is 0 Å². The van der Waals surface area contributed by atoms with Crippen molar-refractivity contribution < 1.29 is 9.90 Å². The first-order valence-corrected chi connectivity index (χ1v) is 3.52. The maximum Gasteiger partial charge on any atom is 0.323 e. The van der Waals surface area contributed by atoms with Crippen LogP contribution in [0.1, 0.15) is 0 Å². The third-order valence-electron chi connectivity index (χ3n) is 1.20. The van der Waals surface area contributed by atoms with E-state index in [0.29, 0.717) is 0 Å². The van der Waals surface area contributed by atoms with Crippen molar-refractivity contribution in [1.82, 2.24) is 9.55 Å². The van der Waals surface area contributed by atoms with E-state index < -0.39 is 5.97 Å². The molecule has 0 aliphatic heterocycles. The number of H-pyrrole nitrogens is 1. The molecule has 1 heterocycles. The Bertz CT molecular complexity index is 406. The molecule has 1 aromatic heterocycles. The Balaban J connectivity index is 3.10. The van der Waals surface area contributed by atoms with Crippen molar-refractivity contribution in [3.8, 4) is 0 Å². The van der Waals surface area contributed by atoms with E-state index >= 15 is 0 Å². The van der Waals surface area contributed by atoms with Crippen molar-refractivity contribution in [2.24, 2.45) is 0 Å². The van der Waals surface area contributed by atoms with Crippen LogP contribution in [0, 0.1) is 4.77 Å². The molecule has 0 unspecified atom stereocenters. The SMILES string of the molecule is O=C(O)Cn1ccc(=O)[nH]c1=S. The third-order valence-corrected chi connectivity index (χ3v) is 1.54. The molecule has 2 N–H and O–H groups in total. The number of hydrogen-bond donors (Lipinski definition) is 2. The van der Waals surface area contributed by atoms with E-state index in [1.54, 1.807) is 0 Å². The molecule has 0 spiro atoms. The largest absolute Gasteiger partial charge is 0.480 e. The lowest BCUT2D eigenvalue weighted by atomic mass is 10.6. The predicted octanol–water partition coefficient (Wildman–Crippen LogP) is -0.00951. The maximum atomic E-state index is 10.6. The summed E-state index contributed by atoms with van der Waals surface area (Å²) in [7, 11) is 0. The van der Waals surface area contributed by atoms with Gasteiger partial charge in [-0.25, -0.2) is 0 Å². The zero-order valence-electron chi connectivity index (χ0n) is 5.98. The molecular formula is C6H6N2O3S. The summed E-state index contributed by atoms with van der Waals surface area (Å²) in [6.45, 7) is -0.240. The van der Waals surface area contributed by atoms with Crippen molar-refractivity contribution in [2.45, 2.75) is 6.54 Å². The minimum absolute atomic E-state index is 0.116. The van der Waals surface area contributed by atoms with Crippen molar-refractivity contribution in [2.75, 3.05) is 0 Å². The number of hydrogen-bond acceptors (Lipinski definition) is 3. The van der Waals surface area contributed by atoms with Crippen LogP contribution in [0.5, 0.6) is 0 Å². The molecular weight excluding hydrogens is 180 g/mol. The van der Waals surface area contributed by atoms with Crippen LogP contribution in [0.25, 0.3) is 0 Å². The Hall–Kier alpha value is -1.43. The van der Waals surface area contributed by atoms with Gasteiger partial charge in [-0.05, 0) is 12.2 Å². The Morgan fingerprint density at radius 1 is 1.75 bits per heavy atom. The van der Waals surface area contributed by atoms with Crippen LogP contribution in [0.3, 0.4) is 0 Å². The number of carboxylic acid groups (broad SMARTS) is 1. The number of carboxylic acids is 1. The first-order chi connectivity index (χ1) is 5.59. The summed E-state index contributed by atoms with van der Waals surface area (Å²) in [5.41, 5.74) is -0.332. The van der Waals surface area contributed by atoms with Crippen LogP contribution in [-0.4, -0.2) is 20.6 Å². The van der Waals surface area contributed by atoms with E-state index in [4.69, 9.17) is 17.3 Å². The molecule has 64 valence electrons. The second-order valence-electron chi connectivity index (χ2n) is 2.13. The highest BCUT2D eigenvalue weighted by atomic mass is 32.1. The van der Waals surface area contributed by atoms with Gasteiger partial charge in [0.1, 0.15) is 6.54 Å². The summed E-state index contributed by atoms with van der Waals surface area (Å²) in [6, 6.07) is 1.22. The number of aliphatic carboxylic acids is 1. The average Bonchev–Trinajstić information content (AvgIpc) is 1.94. The Morgan fingerprint density at radius 3 is 2.92 bits per heavy atom.